The number of anilines is 1. The second-order valence-corrected chi connectivity index (χ2v) is 4.89. The van der Waals surface area contributed by atoms with Gasteiger partial charge in [0.2, 0.25) is 0 Å². The molecule has 19 heavy (non-hydrogen) atoms. The second kappa shape index (κ2) is 6.14. The highest BCUT2D eigenvalue weighted by Crippen LogP contribution is 2.17. The van der Waals surface area contributed by atoms with E-state index < -0.39 is 0 Å². The van der Waals surface area contributed by atoms with Crippen molar-refractivity contribution in [3.63, 3.8) is 0 Å². The van der Waals surface area contributed by atoms with Gasteiger partial charge in [-0.15, -0.1) is 11.3 Å². The van der Waals surface area contributed by atoms with Crippen molar-refractivity contribution in [1.82, 2.24) is 4.98 Å². The first-order valence-corrected chi connectivity index (χ1v) is 6.53. The van der Waals surface area contributed by atoms with E-state index in [2.05, 4.69) is 22.1 Å². The number of hydrogen-bond acceptors (Lipinski definition) is 4. The van der Waals surface area contributed by atoms with Crippen molar-refractivity contribution in [3.05, 3.63) is 45.9 Å². The van der Waals surface area contributed by atoms with Crippen LogP contribution in [0.1, 0.15) is 20.2 Å². The molecule has 0 aliphatic rings. The Kier molecular flexibility index (Phi) is 4.29. The number of nitrogens with two attached hydrogens (primary N) is 1. The summed E-state index contributed by atoms with van der Waals surface area (Å²) >= 11 is 1.35. The standard InChI is InChI=1S/C14H13N3OS/c1-10-9-11(6-8-16-10)17-14(18)13-5-4-12(19-13)3-2-7-15/h4-6,8-9H,7,15H2,1H3,(H,16,17,18). The maximum absolute atomic E-state index is 12.0. The summed E-state index contributed by atoms with van der Waals surface area (Å²) in [6.45, 7) is 2.19. The monoisotopic (exact) mass is 271 g/mol. The molecular formula is C14H13N3OS. The average molecular weight is 271 g/mol. The zero-order chi connectivity index (χ0) is 13.7. The summed E-state index contributed by atoms with van der Waals surface area (Å²) in [5, 5.41) is 2.83. The summed E-state index contributed by atoms with van der Waals surface area (Å²) in [5.74, 6) is 5.53. The molecule has 2 rings (SSSR count). The molecule has 0 saturated heterocycles. The number of carbonyl (C=O) groups excluding carboxylic acids is 1. The van der Waals surface area contributed by atoms with Gasteiger partial charge in [-0.05, 0) is 31.2 Å². The summed E-state index contributed by atoms with van der Waals surface area (Å²) in [4.78, 5) is 17.6. The molecule has 5 heteroatoms. The largest absolute Gasteiger partial charge is 0.321 e. The normalized spacial score (nSPS) is 9.58. The third-order valence-electron chi connectivity index (χ3n) is 2.30. The summed E-state index contributed by atoms with van der Waals surface area (Å²) in [5.41, 5.74) is 6.90. The summed E-state index contributed by atoms with van der Waals surface area (Å²) in [6.07, 6.45) is 1.66. The first kappa shape index (κ1) is 13.3. The van der Waals surface area contributed by atoms with Gasteiger partial charge >= 0.3 is 0 Å². The van der Waals surface area contributed by atoms with E-state index in [1.165, 1.54) is 11.3 Å². The van der Waals surface area contributed by atoms with Crippen LogP contribution in [-0.2, 0) is 0 Å². The number of aromatic nitrogens is 1. The van der Waals surface area contributed by atoms with E-state index in [0.29, 0.717) is 11.4 Å². The van der Waals surface area contributed by atoms with Gasteiger partial charge in [-0.25, -0.2) is 0 Å². The van der Waals surface area contributed by atoms with Crippen LogP contribution < -0.4 is 11.1 Å². The number of pyridine rings is 1. The van der Waals surface area contributed by atoms with Crippen LogP contribution in [0.5, 0.6) is 0 Å². The number of nitrogens with one attached hydrogen (secondary N) is 1. The van der Waals surface area contributed by atoms with Crippen molar-refractivity contribution < 1.29 is 4.79 Å². The molecule has 0 aliphatic heterocycles. The SMILES string of the molecule is Cc1cc(NC(=O)c2ccc(C#CCN)s2)ccn1. The third-order valence-corrected chi connectivity index (χ3v) is 3.30. The molecule has 0 radical (unpaired) electrons. The van der Waals surface area contributed by atoms with Gasteiger partial charge in [0.05, 0.1) is 16.3 Å². The van der Waals surface area contributed by atoms with Gasteiger partial charge in [0.25, 0.3) is 5.91 Å². The first-order chi connectivity index (χ1) is 9.19. The Morgan fingerprint density at radius 1 is 1.47 bits per heavy atom. The maximum atomic E-state index is 12.0. The number of hydrogen-bond donors (Lipinski definition) is 2. The molecule has 0 fully saturated rings. The van der Waals surface area contributed by atoms with E-state index in [4.69, 9.17) is 5.73 Å². The second-order valence-electron chi connectivity index (χ2n) is 3.81. The summed E-state index contributed by atoms with van der Waals surface area (Å²) in [6, 6.07) is 7.16. The van der Waals surface area contributed by atoms with Crippen molar-refractivity contribution >= 4 is 22.9 Å². The van der Waals surface area contributed by atoms with Crippen LogP contribution in [0.3, 0.4) is 0 Å². The Bertz CT molecular complexity index is 652. The van der Waals surface area contributed by atoms with Gasteiger partial charge in [0.15, 0.2) is 0 Å². The quantitative estimate of drug-likeness (QED) is 0.821. The van der Waals surface area contributed by atoms with E-state index in [9.17, 15) is 4.79 Å². The van der Waals surface area contributed by atoms with Crippen LogP contribution in [-0.4, -0.2) is 17.4 Å². The molecule has 4 nitrogen and oxygen atoms in total. The molecule has 96 valence electrons. The van der Waals surface area contributed by atoms with Crippen molar-refractivity contribution in [2.24, 2.45) is 5.73 Å². The summed E-state index contributed by atoms with van der Waals surface area (Å²) in [7, 11) is 0. The van der Waals surface area contributed by atoms with E-state index in [0.717, 1.165) is 16.3 Å². The van der Waals surface area contributed by atoms with Crippen LogP contribution in [0.4, 0.5) is 5.69 Å². The number of aryl methyl sites for hydroxylation is 1. The number of nitrogens with zero attached hydrogens (tertiary/aromatic N) is 1. The topological polar surface area (TPSA) is 68.0 Å². The van der Waals surface area contributed by atoms with Crippen LogP contribution in [0.15, 0.2) is 30.5 Å². The molecule has 2 aromatic heterocycles. The van der Waals surface area contributed by atoms with Gasteiger partial charge in [-0.3, -0.25) is 9.78 Å². The van der Waals surface area contributed by atoms with Crippen molar-refractivity contribution in [3.8, 4) is 11.8 Å². The Morgan fingerprint density at radius 2 is 2.32 bits per heavy atom. The Balaban J connectivity index is 2.10. The maximum Gasteiger partial charge on any atom is 0.265 e. The lowest BCUT2D eigenvalue weighted by Gasteiger charge is -2.03. The molecular weight excluding hydrogens is 258 g/mol. The molecule has 3 N–H and O–H groups in total. The predicted molar refractivity (Wildman–Crippen MR) is 77.2 cm³/mol. The molecule has 2 heterocycles. The lowest BCUT2D eigenvalue weighted by atomic mass is 10.3. The van der Waals surface area contributed by atoms with Crippen LogP contribution in [0.25, 0.3) is 0 Å². The minimum Gasteiger partial charge on any atom is -0.321 e. The minimum atomic E-state index is -0.142. The molecule has 0 aromatic carbocycles. The molecule has 0 bridgehead atoms. The van der Waals surface area contributed by atoms with Gasteiger partial charge in [0.1, 0.15) is 0 Å². The molecule has 0 spiro atoms. The molecule has 2 aromatic rings. The van der Waals surface area contributed by atoms with E-state index in [1.54, 1.807) is 18.3 Å². The highest BCUT2D eigenvalue weighted by Gasteiger charge is 2.08. The Morgan fingerprint density at radius 3 is 3.05 bits per heavy atom. The smallest absolute Gasteiger partial charge is 0.265 e. The summed E-state index contributed by atoms with van der Waals surface area (Å²) < 4.78 is 0. The zero-order valence-corrected chi connectivity index (χ0v) is 11.3. The van der Waals surface area contributed by atoms with E-state index >= 15 is 0 Å². The Labute approximate surface area is 115 Å². The molecule has 0 atom stereocenters. The number of carbonyl (C=O) groups is 1. The van der Waals surface area contributed by atoms with Gasteiger partial charge in [0, 0.05) is 17.6 Å². The lowest BCUT2D eigenvalue weighted by molar-refractivity contribution is 0.103. The fourth-order valence-electron chi connectivity index (χ4n) is 1.48. The number of rotatable bonds is 2. The third kappa shape index (κ3) is 3.65. The van der Waals surface area contributed by atoms with Crippen LogP contribution in [0, 0.1) is 18.8 Å². The fraction of sp³-hybridized carbons (Fsp3) is 0.143. The first-order valence-electron chi connectivity index (χ1n) is 5.72. The van der Waals surface area contributed by atoms with Crippen molar-refractivity contribution in [2.45, 2.75) is 6.92 Å². The molecule has 1 amide bonds. The van der Waals surface area contributed by atoms with Gasteiger partial charge in [-0.1, -0.05) is 11.8 Å². The van der Waals surface area contributed by atoms with E-state index in [-0.39, 0.29) is 5.91 Å². The average Bonchev–Trinajstić information content (AvgIpc) is 2.85. The molecule has 0 saturated carbocycles. The fourth-order valence-corrected chi connectivity index (χ4v) is 2.26. The molecule has 0 aliphatic carbocycles. The van der Waals surface area contributed by atoms with Gasteiger partial charge < -0.3 is 11.1 Å². The highest BCUT2D eigenvalue weighted by atomic mass is 32.1. The Hall–Kier alpha value is -2.16. The number of thiophene rings is 1. The zero-order valence-electron chi connectivity index (χ0n) is 10.4. The van der Waals surface area contributed by atoms with Gasteiger partial charge in [-0.2, -0.15) is 0 Å². The molecule has 0 unspecified atom stereocenters. The number of amides is 1. The van der Waals surface area contributed by atoms with Crippen molar-refractivity contribution in [2.75, 3.05) is 11.9 Å². The highest BCUT2D eigenvalue weighted by molar-refractivity contribution is 7.14. The van der Waals surface area contributed by atoms with Crippen LogP contribution >= 0.6 is 11.3 Å². The lowest BCUT2D eigenvalue weighted by Crippen LogP contribution is -2.10. The van der Waals surface area contributed by atoms with Crippen LogP contribution in [0.2, 0.25) is 0 Å². The predicted octanol–water partition coefficient (Wildman–Crippen LogP) is 2.01. The van der Waals surface area contributed by atoms with E-state index in [1.807, 2.05) is 19.1 Å². The van der Waals surface area contributed by atoms with Crippen molar-refractivity contribution in [1.29, 1.82) is 0 Å². The minimum absolute atomic E-state index is 0.142.